The Balaban J connectivity index is 1.70. The minimum atomic E-state index is -0.0234. The molecule has 1 fully saturated rings. The molecule has 1 atom stereocenters. The molecular formula is C18H22N4O. The molecule has 1 aliphatic rings. The van der Waals surface area contributed by atoms with Crippen molar-refractivity contribution in [3.8, 4) is 0 Å². The van der Waals surface area contributed by atoms with Crippen molar-refractivity contribution in [2.75, 3.05) is 23.3 Å². The van der Waals surface area contributed by atoms with E-state index < -0.39 is 0 Å². The van der Waals surface area contributed by atoms with Gasteiger partial charge in [0, 0.05) is 31.2 Å². The number of nitrogens with one attached hydrogen (secondary N) is 1. The molecule has 1 saturated heterocycles. The number of rotatable bonds is 3. The number of anilines is 2. The Bertz CT molecular complexity index is 666. The van der Waals surface area contributed by atoms with Crippen molar-refractivity contribution in [2.45, 2.75) is 26.7 Å². The predicted molar refractivity (Wildman–Crippen MR) is 91.5 cm³/mol. The van der Waals surface area contributed by atoms with E-state index in [0.29, 0.717) is 6.54 Å². The van der Waals surface area contributed by atoms with Gasteiger partial charge in [0.25, 0.3) is 0 Å². The molecule has 23 heavy (non-hydrogen) atoms. The van der Waals surface area contributed by atoms with Crippen molar-refractivity contribution < 1.29 is 4.79 Å². The fraction of sp³-hybridized carbons (Fsp3) is 0.389. The van der Waals surface area contributed by atoms with Gasteiger partial charge in [0.1, 0.15) is 5.82 Å². The molecule has 1 unspecified atom stereocenters. The minimum Gasteiger partial charge on any atom is -0.355 e. The van der Waals surface area contributed by atoms with Crippen LogP contribution in [0.15, 0.2) is 36.8 Å². The SMILES string of the molecule is Cc1cccc(C)c1NC(=O)C1CCCN(c2cnccn2)C1. The number of hydrogen-bond donors (Lipinski definition) is 1. The van der Waals surface area contributed by atoms with Crippen molar-refractivity contribution in [1.82, 2.24) is 9.97 Å². The fourth-order valence-corrected chi connectivity index (χ4v) is 3.09. The van der Waals surface area contributed by atoms with Gasteiger partial charge in [-0.25, -0.2) is 4.98 Å². The van der Waals surface area contributed by atoms with Crippen molar-refractivity contribution in [1.29, 1.82) is 0 Å². The van der Waals surface area contributed by atoms with Gasteiger partial charge in [-0.3, -0.25) is 9.78 Å². The summed E-state index contributed by atoms with van der Waals surface area (Å²) in [7, 11) is 0. The molecule has 5 heteroatoms. The van der Waals surface area contributed by atoms with Gasteiger partial charge in [-0.2, -0.15) is 0 Å². The lowest BCUT2D eigenvalue weighted by atomic mass is 9.96. The number of carbonyl (C=O) groups is 1. The summed E-state index contributed by atoms with van der Waals surface area (Å²) in [6.07, 6.45) is 7.01. The maximum atomic E-state index is 12.7. The summed E-state index contributed by atoms with van der Waals surface area (Å²) >= 11 is 0. The van der Waals surface area contributed by atoms with Crippen molar-refractivity contribution in [3.63, 3.8) is 0 Å². The van der Waals surface area contributed by atoms with Crippen LogP contribution in [0.3, 0.4) is 0 Å². The normalized spacial score (nSPS) is 17.8. The van der Waals surface area contributed by atoms with Gasteiger partial charge >= 0.3 is 0 Å². The third kappa shape index (κ3) is 3.50. The third-order valence-electron chi connectivity index (χ3n) is 4.40. The highest BCUT2D eigenvalue weighted by Crippen LogP contribution is 2.24. The maximum Gasteiger partial charge on any atom is 0.229 e. The van der Waals surface area contributed by atoms with Crippen molar-refractivity contribution >= 4 is 17.4 Å². The number of carbonyl (C=O) groups excluding carboxylic acids is 1. The van der Waals surface area contributed by atoms with Crippen molar-refractivity contribution in [3.05, 3.63) is 47.9 Å². The first-order valence-corrected chi connectivity index (χ1v) is 8.03. The fourth-order valence-electron chi connectivity index (χ4n) is 3.09. The summed E-state index contributed by atoms with van der Waals surface area (Å²) < 4.78 is 0. The van der Waals surface area contributed by atoms with E-state index in [1.807, 2.05) is 32.0 Å². The van der Waals surface area contributed by atoms with E-state index in [1.165, 1.54) is 0 Å². The highest BCUT2D eigenvalue weighted by atomic mass is 16.1. The van der Waals surface area contributed by atoms with Crippen LogP contribution in [-0.4, -0.2) is 29.0 Å². The van der Waals surface area contributed by atoms with Crippen LogP contribution in [0, 0.1) is 19.8 Å². The molecule has 120 valence electrons. The van der Waals surface area contributed by atoms with E-state index in [4.69, 9.17) is 0 Å². The predicted octanol–water partition coefficient (Wildman–Crippen LogP) is 2.95. The van der Waals surface area contributed by atoms with Crippen LogP contribution in [0.2, 0.25) is 0 Å². The molecule has 1 aromatic carbocycles. The molecule has 0 radical (unpaired) electrons. The zero-order valence-corrected chi connectivity index (χ0v) is 13.6. The highest BCUT2D eigenvalue weighted by molar-refractivity contribution is 5.94. The van der Waals surface area contributed by atoms with Gasteiger partial charge in [0.15, 0.2) is 0 Å². The van der Waals surface area contributed by atoms with Crippen LogP contribution in [0.5, 0.6) is 0 Å². The van der Waals surface area contributed by atoms with Crippen LogP contribution < -0.4 is 10.2 Å². The molecule has 1 N–H and O–H groups in total. The van der Waals surface area contributed by atoms with Gasteiger partial charge in [-0.1, -0.05) is 18.2 Å². The zero-order valence-electron chi connectivity index (χ0n) is 13.6. The number of aryl methyl sites for hydroxylation is 2. The lowest BCUT2D eigenvalue weighted by Crippen LogP contribution is -2.41. The molecule has 0 aliphatic carbocycles. The maximum absolute atomic E-state index is 12.7. The second-order valence-corrected chi connectivity index (χ2v) is 6.10. The van der Waals surface area contributed by atoms with Gasteiger partial charge in [-0.15, -0.1) is 0 Å². The average Bonchev–Trinajstić information content (AvgIpc) is 2.59. The van der Waals surface area contributed by atoms with E-state index in [2.05, 4.69) is 20.2 Å². The van der Waals surface area contributed by atoms with Crippen molar-refractivity contribution in [2.24, 2.45) is 5.92 Å². The number of para-hydroxylation sites is 1. The molecule has 0 bridgehead atoms. The quantitative estimate of drug-likeness (QED) is 0.947. The molecular weight excluding hydrogens is 288 g/mol. The van der Waals surface area contributed by atoms with Gasteiger partial charge in [-0.05, 0) is 37.8 Å². The van der Waals surface area contributed by atoms with Crippen LogP contribution >= 0.6 is 0 Å². The standard InChI is InChI=1S/C18H22N4O/c1-13-5-3-6-14(2)17(13)21-18(23)15-7-4-10-22(12-15)16-11-19-8-9-20-16/h3,5-6,8-9,11,15H,4,7,10,12H2,1-2H3,(H,21,23). The molecule has 1 aliphatic heterocycles. The van der Waals surface area contributed by atoms with Gasteiger partial charge in [0.05, 0.1) is 12.1 Å². The molecule has 1 aromatic heterocycles. The Morgan fingerprint density at radius 3 is 2.74 bits per heavy atom. The first kappa shape index (κ1) is 15.5. The highest BCUT2D eigenvalue weighted by Gasteiger charge is 2.27. The van der Waals surface area contributed by atoms with E-state index in [0.717, 1.165) is 42.0 Å². The lowest BCUT2D eigenvalue weighted by Gasteiger charge is -2.32. The van der Waals surface area contributed by atoms with Crippen LogP contribution in [0.25, 0.3) is 0 Å². The molecule has 2 aromatic rings. The van der Waals surface area contributed by atoms with E-state index in [1.54, 1.807) is 18.6 Å². The molecule has 1 amide bonds. The molecule has 2 heterocycles. The Hall–Kier alpha value is -2.43. The zero-order chi connectivity index (χ0) is 16.2. The molecule has 5 nitrogen and oxygen atoms in total. The van der Waals surface area contributed by atoms with Crippen LogP contribution in [-0.2, 0) is 4.79 Å². The summed E-state index contributed by atoms with van der Waals surface area (Å²) in [5.41, 5.74) is 3.13. The second-order valence-electron chi connectivity index (χ2n) is 6.10. The molecule has 3 rings (SSSR count). The third-order valence-corrected chi connectivity index (χ3v) is 4.40. The molecule has 0 spiro atoms. The number of hydrogen-bond acceptors (Lipinski definition) is 4. The van der Waals surface area contributed by atoms with Gasteiger partial charge < -0.3 is 10.2 Å². The first-order valence-electron chi connectivity index (χ1n) is 8.03. The number of benzene rings is 1. The Morgan fingerprint density at radius 1 is 1.26 bits per heavy atom. The summed E-state index contributed by atoms with van der Waals surface area (Å²) in [5.74, 6) is 0.915. The monoisotopic (exact) mass is 310 g/mol. The number of aromatic nitrogens is 2. The summed E-state index contributed by atoms with van der Waals surface area (Å²) in [6, 6.07) is 6.06. The van der Waals surface area contributed by atoms with E-state index in [-0.39, 0.29) is 11.8 Å². The van der Waals surface area contributed by atoms with Crippen LogP contribution in [0.4, 0.5) is 11.5 Å². The largest absolute Gasteiger partial charge is 0.355 e. The summed E-state index contributed by atoms with van der Waals surface area (Å²) in [4.78, 5) is 23.3. The van der Waals surface area contributed by atoms with E-state index in [9.17, 15) is 4.79 Å². The average molecular weight is 310 g/mol. The Morgan fingerprint density at radius 2 is 2.04 bits per heavy atom. The Labute approximate surface area is 136 Å². The first-order chi connectivity index (χ1) is 11.1. The number of nitrogens with zero attached hydrogens (tertiary/aromatic N) is 3. The summed E-state index contributed by atoms with van der Waals surface area (Å²) in [5, 5.41) is 3.12. The smallest absolute Gasteiger partial charge is 0.229 e. The molecule has 0 saturated carbocycles. The van der Waals surface area contributed by atoms with Gasteiger partial charge in [0.2, 0.25) is 5.91 Å². The number of piperidine rings is 1. The summed E-state index contributed by atoms with van der Waals surface area (Å²) in [6.45, 7) is 5.66. The van der Waals surface area contributed by atoms with E-state index >= 15 is 0 Å². The lowest BCUT2D eigenvalue weighted by molar-refractivity contribution is -0.120. The Kier molecular flexibility index (Phi) is 4.55. The topological polar surface area (TPSA) is 58.1 Å². The van der Waals surface area contributed by atoms with Crippen LogP contribution in [0.1, 0.15) is 24.0 Å². The second kappa shape index (κ2) is 6.77. The minimum absolute atomic E-state index is 0.0234. The number of amides is 1.